The van der Waals surface area contributed by atoms with E-state index in [9.17, 15) is 5.11 Å². The molecule has 7 nitrogen and oxygen atoms in total. The Bertz CT molecular complexity index is 1840. The first-order valence-electron chi connectivity index (χ1n) is 16.8. The molecule has 1 aliphatic carbocycles. The Labute approximate surface area is 282 Å². The molecule has 0 atom stereocenters. The lowest BCUT2D eigenvalue weighted by Crippen LogP contribution is -2.17. The molecule has 0 saturated carbocycles. The number of hydrogen-bond donors (Lipinski definition) is 1. The van der Waals surface area contributed by atoms with Gasteiger partial charge >= 0.3 is 0 Å². The number of para-hydroxylation sites is 3. The van der Waals surface area contributed by atoms with Crippen LogP contribution in [0.15, 0.2) is 66.7 Å². The van der Waals surface area contributed by atoms with Gasteiger partial charge in [-0.1, -0.05) is 66.4 Å². The molecule has 2 aliphatic heterocycles. The SMILES string of the molecule is CC(C)(O)C#Cc1cc2c3c(c1)Cc1cccc(c1OCCOCCO3)Cc1cccc3c1OCCOCCOc1c(cccc1C2)C3. The lowest BCUT2D eigenvalue weighted by molar-refractivity contribution is 0.0744. The Morgan fingerprint density at radius 3 is 1.12 bits per heavy atom. The minimum atomic E-state index is -1.13. The van der Waals surface area contributed by atoms with Crippen molar-refractivity contribution in [2.24, 2.45) is 0 Å². The Morgan fingerprint density at radius 1 is 0.479 bits per heavy atom. The van der Waals surface area contributed by atoms with Crippen molar-refractivity contribution >= 4 is 0 Å². The van der Waals surface area contributed by atoms with Gasteiger partial charge in [0.2, 0.25) is 0 Å². The van der Waals surface area contributed by atoms with Crippen LogP contribution in [-0.2, 0) is 35.2 Å². The highest BCUT2D eigenvalue weighted by molar-refractivity contribution is 5.58. The zero-order valence-electron chi connectivity index (χ0n) is 27.7. The van der Waals surface area contributed by atoms with Crippen LogP contribution in [0.4, 0.5) is 0 Å². The van der Waals surface area contributed by atoms with E-state index in [0.717, 1.165) is 73.1 Å². The number of aliphatic hydroxyl groups is 1. The zero-order chi connectivity index (χ0) is 32.9. The molecule has 0 aromatic heterocycles. The van der Waals surface area contributed by atoms with E-state index < -0.39 is 5.60 Å². The van der Waals surface area contributed by atoms with Gasteiger partial charge in [0.05, 0.1) is 26.4 Å². The molecule has 0 spiro atoms. The molecule has 0 saturated heterocycles. The van der Waals surface area contributed by atoms with Gasteiger partial charge in [0.15, 0.2) is 0 Å². The number of benzene rings is 4. The van der Waals surface area contributed by atoms with Crippen molar-refractivity contribution in [1.29, 1.82) is 0 Å². The van der Waals surface area contributed by atoms with Crippen molar-refractivity contribution in [3.63, 3.8) is 0 Å². The van der Waals surface area contributed by atoms with Crippen molar-refractivity contribution in [2.75, 3.05) is 52.9 Å². The molecule has 1 N–H and O–H groups in total. The number of ether oxygens (including phenoxy) is 6. The summed E-state index contributed by atoms with van der Waals surface area (Å²) in [6.07, 6.45) is 2.41. The molecule has 2 heterocycles. The summed E-state index contributed by atoms with van der Waals surface area (Å²) in [4.78, 5) is 0. The van der Waals surface area contributed by atoms with Crippen LogP contribution in [0.25, 0.3) is 0 Å². The summed E-state index contributed by atoms with van der Waals surface area (Å²) >= 11 is 0. The van der Waals surface area contributed by atoms with Gasteiger partial charge in [-0.25, -0.2) is 0 Å². The average molecular weight is 647 g/mol. The third kappa shape index (κ3) is 7.47. The molecule has 12 bridgehead atoms. The summed E-state index contributed by atoms with van der Waals surface area (Å²) in [7, 11) is 0. The Morgan fingerprint density at radius 2 is 0.792 bits per heavy atom. The zero-order valence-corrected chi connectivity index (χ0v) is 27.7. The Hall–Kier alpha value is -4.48. The van der Waals surface area contributed by atoms with E-state index in [4.69, 9.17) is 28.4 Å². The van der Waals surface area contributed by atoms with Gasteiger partial charge < -0.3 is 33.5 Å². The van der Waals surface area contributed by atoms with Crippen LogP contribution in [0.3, 0.4) is 0 Å². The van der Waals surface area contributed by atoms with Gasteiger partial charge in [-0.2, -0.15) is 0 Å². The molecule has 0 fully saturated rings. The fraction of sp³-hybridized carbons (Fsp3) is 0.366. The minimum absolute atomic E-state index is 0.403. The van der Waals surface area contributed by atoms with E-state index in [1.54, 1.807) is 13.8 Å². The van der Waals surface area contributed by atoms with Crippen molar-refractivity contribution in [1.82, 2.24) is 0 Å². The third-order valence-corrected chi connectivity index (χ3v) is 8.71. The second-order valence-corrected chi connectivity index (χ2v) is 13.0. The van der Waals surface area contributed by atoms with Crippen LogP contribution >= 0.6 is 0 Å². The highest BCUT2D eigenvalue weighted by Gasteiger charge is 2.23. The van der Waals surface area contributed by atoms with Crippen molar-refractivity contribution < 1.29 is 33.5 Å². The highest BCUT2D eigenvalue weighted by Crippen LogP contribution is 2.39. The fourth-order valence-electron chi connectivity index (χ4n) is 6.64. The molecule has 0 unspecified atom stereocenters. The Kier molecular flexibility index (Phi) is 9.58. The van der Waals surface area contributed by atoms with E-state index in [-0.39, 0.29) is 0 Å². The molecule has 4 aromatic rings. The first-order chi connectivity index (χ1) is 23.4. The van der Waals surface area contributed by atoms with Gasteiger partial charge in [0, 0.05) is 42.4 Å². The number of rotatable bonds is 0. The lowest BCUT2D eigenvalue weighted by Gasteiger charge is -2.24. The van der Waals surface area contributed by atoms with Crippen molar-refractivity contribution in [3.8, 4) is 34.8 Å². The smallest absolute Gasteiger partial charge is 0.126 e. The van der Waals surface area contributed by atoms with E-state index >= 15 is 0 Å². The standard InChI is InChI=1S/C41H42O7/c1-41(2,42)13-12-28-22-35-26-33-10-4-8-31-24-29-6-3-7-30(37(29)45-18-14-43-15-19-46-38(31)33)25-32-9-5-11-34-27-36(23-28)40(35)48-21-17-44-16-20-47-39(32)34/h3-11,22-23,42H,14-21,24-27H2,1-2H3. The quantitative estimate of drug-likeness (QED) is 0.205. The van der Waals surface area contributed by atoms with Gasteiger partial charge in [-0.3, -0.25) is 0 Å². The molecule has 4 aromatic carbocycles. The van der Waals surface area contributed by atoms with Gasteiger partial charge in [-0.15, -0.1) is 0 Å². The first-order valence-corrected chi connectivity index (χ1v) is 16.8. The minimum Gasteiger partial charge on any atom is -0.491 e. The predicted octanol–water partition coefficient (Wildman–Crippen LogP) is 6.06. The molecule has 248 valence electrons. The summed E-state index contributed by atoms with van der Waals surface area (Å²) in [6.45, 7) is 6.93. The van der Waals surface area contributed by atoms with Crippen LogP contribution in [-0.4, -0.2) is 63.6 Å². The van der Waals surface area contributed by atoms with Crippen molar-refractivity contribution in [3.05, 3.63) is 117 Å². The summed E-state index contributed by atoms with van der Waals surface area (Å²) < 4.78 is 38.1. The highest BCUT2D eigenvalue weighted by atomic mass is 16.6. The summed E-state index contributed by atoms with van der Waals surface area (Å²) in [6, 6.07) is 23.3. The maximum atomic E-state index is 10.5. The summed E-state index contributed by atoms with van der Waals surface area (Å²) in [5.74, 6) is 9.65. The van der Waals surface area contributed by atoms with Gasteiger partial charge in [0.25, 0.3) is 0 Å². The number of hydrogen-bond acceptors (Lipinski definition) is 7. The van der Waals surface area contributed by atoms with Gasteiger partial charge in [0.1, 0.15) is 55.0 Å². The van der Waals surface area contributed by atoms with Gasteiger partial charge in [-0.05, 0) is 59.4 Å². The topological polar surface area (TPSA) is 75.6 Å². The Balaban J connectivity index is 1.49. The second kappa shape index (κ2) is 14.3. The molecule has 7 rings (SSSR count). The predicted molar refractivity (Wildman–Crippen MR) is 184 cm³/mol. The largest absolute Gasteiger partial charge is 0.491 e. The molecular formula is C41H42O7. The maximum Gasteiger partial charge on any atom is 0.126 e. The fourth-order valence-corrected chi connectivity index (χ4v) is 6.64. The normalized spacial score (nSPS) is 16.4. The maximum absolute atomic E-state index is 10.5. The van der Waals surface area contributed by atoms with Crippen LogP contribution in [0.2, 0.25) is 0 Å². The van der Waals surface area contributed by atoms with Crippen molar-refractivity contribution in [2.45, 2.75) is 45.1 Å². The van der Waals surface area contributed by atoms with E-state index in [1.165, 1.54) is 0 Å². The van der Waals surface area contributed by atoms with E-state index in [1.807, 2.05) is 0 Å². The second-order valence-electron chi connectivity index (χ2n) is 13.0. The van der Waals surface area contributed by atoms with E-state index in [0.29, 0.717) is 78.5 Å². The molecule has 0 amide bonds. The average Bonchev–Trinajstić information content (AvgIpc) is 3.04. The summed E-state index contributed by atoms with van der Waals surface area (Å²) in [5, 5.41) is 10.5. The lowest BCUT2D eigenvalue weighted by atomic mass is 9.90. The van der Waals surface area contributed by atoms with Crippen LogP contribution in [0, 0.1) is 11.8 Å². The molecule has 0 radical (unpaired) electrons. The first kappa shape index (κ1) is 32.1. The van der Waals surface area contributed by atoms with E-state index in [2.05, 4.69) is 78.6 Å². The van der Waals surface area contributed by atoms with Crippen LogP contribution in [0.5, 0.6) is 23.0 Å². The molecule has 3 aliphatic rings. The van der Waals surface area contributed by atoms with Crippen LogP contribution < -0.4 is 18.9 Å². The monoisotopic (exact) mass is 646 g/mol. The van der Waals surface area contributed by atoms with Crippen LogP contribution in [0.1, 0.15) is 63.9 Å². The molecule has 48 heavy (non-hydrogen) atoms. The molecule has 7 heteroatoms. The molecular weight excluding hydrogens is 604 g/mol. The summed E-state index contributed by atoms with van der Waals surface area (Å²) in [5.41, 5.74) is 8.09. The third-order valence-electron chi connectivity index (χ3n) is 8.71.